The van der Waals surface area contributed by atoms with Gasteiger partial charge in [0, 0.05) is 18.9 Å². The molecule has 0 atom stereocenters. The minimum Gasteiger partial charge on any atom is -0.382 e. The SMILES string of the molecule is CCn1c(-c2nccnc2N)nc2ccc(F)cc21. The number of anilines is 1. The van der Waals surface area contributed by atoms with Gasteiger partial charge in [0.25, 0.3) is 0 Å². The second-order valence-electron chi connectivity index (χ2n) is 4.10. The lowest BCUT2D eigenvalue weighted by Crippen LogP contribution is -2.03. The maximum absolute atomic E-state index is 13.4. The van der Waals surface area contributed by atoms with E-state index in [2.05, 4.69) is 15.0 Å². The lowest BCUT2D eigenvalue weighted by atomic mass is 10.3. The molecule has 0 bridgehead atoms. The molecule has 3 aromatic rings. The van der Waals surface area contributed by atoms with Gasteiger partial charge in [0.1, 0.15) is 11.5 Å². The first-order chi connectivity index (χ1) is 9.20. The van der Waals surface area contributed by atoms with Crippen molar-refractivity contribution in [1.82, 2.24) is 19.5 Å². The predicted octanol–water partition coefficient (Wildman–Crippen LogP) is 2.23. The fourth-order valence-electron chi connectivity index (χ4n) is 2.12. The van der Waals surface area contributed by atoms with Crippen molar-refractivity contribution >= 4 is 16.9 Å². The van der Waals surface area contributed by atoms with E-state index in [1.54, 1.807) is 12.3 Å². The third-order valence-electron chi connectivity index (χ3n) is 2.96. The minimum atomic E-state index is -0.291. The van der Waals surface area contributed by atoms with Gasteiger partial charge in [0.15, 0.2) is 11.6 Å². The number of aromatic nitrogens is 4. The summed E-state index contributed by atoms with van der Waals surface area (Å²) in [6, 6.07) is 4.49. The van der Waals surface area contributed by atoms with Crippen LogP contribution in [0.3, 0.4) is 0 Å². The van der Waals surface area contributed by atoms with E-state index in [9.17, 15) is 4.39 Å². The Hall–Kier alpha value is -2.50. The average Bonchev–Trinajstić information content (AvgIpc) is 2.76. The number of halogens is 1. The Morgan fingerprint density at radius 2 is 2.05 bits per heavy atom. The van der Waals surface area contributed by atoms with E-state index in [0.717, 1.165) is 5.52 Å². The summed E-state index contributed by atoms with van der Waals surface area (Å²) < 4.78 is 15.2. The monoisotopic (exact) mass is 257 g/mol. The molecule has 96 valence electrons. The van der Waals surface area contributed by atoms with Crippen molar-refractivity contribution in [2.45, 2.75) is 13.5 Å². The smallest absolute Gasteiger partial charge is 0.163 e. The van der Waals surface area contributed by atoms with E-state index in [1.165, 1.54) is 18.3 Å². The third kappa shape index (κ3) is 1.81. The van der Waals surface area contributed by atoms with Gasteiger partial charge >= 0.3 is 0 Å². The summed E-state index contributed by atoms with van der Waals surface area (Å²) >= 11 is 0. The molecule has 0 aliphatic rings. The number of imidazole rings is 1. The van der Waals surface area contributed by atoms with Crippen LogP contribution in [-0.2, 0) is 6.54 Å². The first-order valence-electron chi connectivity index (χ1n) is 5.93. The summed E-state index contributed by atoms with van der Waals surface area (Å²) in [5.74, 6) is 0.627. The Bertz CT molecular complexity index is 750. The van der Waals surface area contributed by atoms with Crippen LogP contribution in [0, 0.1) is 5.82 Å². The third-order valence-corrected chi connectivity index (χ3v) is 2.96. The van der Waals surface area contributed by atoms with Crippen LogP contribution in [0.4, 0.5) is 10.2 Å². The largest absolute Gasteiger partial charge is 0.382 e. The van der Waals surface area contributed by atoms with E-state index < -0.39 is 0 Å². The van der Waals surface area contributed by atoms with E-state index in [4.69, 9.17) is 5.73 Å². The highest BCUT2D eigenvalue weighted by molar-refractivity contribution is 5.81. The number of hydrogen-bond donors (Lipinski definition) is 1. The highest BCUT2D eigenvalue weighted by Gasteiger charge is 2.15. The summed E-state index contributed by atoms with van der Waals surface area (Å²) in [7, 11) is 0. The van der Waals surface area contributed by atoms with Crippen molar-refractivity contribution in [1.29, 1.82) is 0 Å². The quantitative estimate of drug-likeness (QED) is 0.764. The molecule has 2 N–H and O–H groups in total. The molecule has 6 heteroatoms. The molecular formula is C13H12FN5. The maximum Gasteiger partial charge on any atom is 0.163 e. The molecule has 5 nitrogen and oxygen atoms in total. The number of benzene rings is 1. The lowest BCUT2D eigenvalue weighted by molar-refractivity contribution is 0.628. The van der Waals surface area contributed by atoms with Crippen molar-refractivity contribution in [3.8, 4) is 11.5 Å². The molecule has 19 heavy (non-hydrogen) atoms. The van der Waals surface area contributed by atoms with Gasteiger partial charge in [0.05, 0.1) is 11.0 Å². The van der Waals surface area contributed by atoms with Gasteiger partial charge in [-0.25, -0.2) is 19.3 Å². The van der Waals surface area contributed by atoms with Gasteiger partial charge in [0.2, 0.25) is 0 Å². The van der Waals surface area contributed by atoms with Crippen LogP contribution in [0.5, 0.6) is 0 Å². The summed E-state index contributed by atoms with van der Waals surface area (Å²) in [5, 5.41) is 0. The van der Waals surface area contributed by atoms with Crippen LogP contribution in [0.25, 0.3) is 22.6 Å². The van der Waals surface area contributed by atoms with Crippen LogP contribution in [0.2, 0.25) is 0 Å². The zero-order valence-electron chi connectivity index (χ0n) is 10.3. The molecule has 1 aromatic carbocycles. The average molecular weight is 257 g/mol. The number of hydrogen-bond acceptors (Lipinski definition) is 4. The summed E-state index contributed by atoms with van der Waals surface area (Å²) in [5.41, 5.74) is 7.78. The summed E-state index contributed by atoms with van der Waals surface area (Å²) in [6.07, 6.45) is 3.09. The number of rotatable bonds is 2. The van der Waals surface area contributed by atoms with Crippen LogP contribution >= 0.6 is 0 Å². The second kappa shape index (κ2) is 4.31. The van der Waals surface area contributed by atoms with E-state index in [1.807, 2.05) is 11.5 Å². The summed E-state index contributed by atoms with van der Waals surface area (Å²) in [6.45, 7) is 2.60. The van der Waals surface area contributed by atoms with Crippen molar-refractivity contribution in [3.05, 3.63) is 36.4 Å². The molecular weight excluding hydrogens is 245 g/mol. The molecule has 3 rings (SSSR count). The van der Waals surface area contributed by atoms with Crippen molar-refractivity contribution in [2.24, 2.45) is 0 Å². The highest BCUT2D eigenvalue weighted by atomic mass is 19.1. The van der Waals surface area contributed by atoms with Gasteiger partial charge in [-0.3, -0.25) is 0 Å². The Morgan fingerprint density at radius 3 is 2.79 bits per heavy atom. The van der Waals surface area contributed by atoms with E-state index in [-0.39, 0.29) is 5.82 Å². The van der Waals surface area contributed by atoms with Crippen molar-refractivity contribution < 1.29 is 4.39 Å². The van der Waals surface area contributed by atoms with Gasteiger partial charge < -0.3 is 10.3 Å². The number of nitrogens with zero attached hydrogens (tertiary/aromatic N) is 4. The van der Waals surface area contributed by atoms with E-state index >= 15 is 0 Å². The Labute approximate surface area is 108 Å². The molecule has 0 aliphatic carbocycles. The zero-order valence-corrected chi connectivity index (χ0v) is 10.3. The molecule has 2 heterocycles. The first kappa shape index (κ1) is 11.6. The van der Waals surface area contributed by atoms with Crippen LogP contribution < -0.4 is 5.73 Å². The topological polar surface area (TPSA) is 69.6 Å². The van der Waals surface area contributed by atoms with Crippen molar-refractivity contribution in [2.75, 3.05) is 5.73 Å². The first-order valence-corrected chi connectivity index (χ1v) is 5.93. The Balaban J connectivity index is 2.33. The molecule has 0 fully saturated rings. The number of aryl methyl sites for hydroxylation is 1. The van der Waals surface area contributed by atoms with Gasteiger partial charge in [-0.2, -0.15) is 0 Å². The zero-order chi connectivity index (χ0) is 13.4. The van der Waals surface area contributed by atoms with E-state index in [0.29, 0.717) is 29.4 Å². The molecule has 0 radical (unpaired) electrons. The molecule has 0 aliphatic heterocycles. The van der Waals surface area contributed by atoms with Crippen molar-refractivity contribution in [3.63, 3.8) is 0 Å². The van der Waals surface area contributed by atoms with Crippen LogP contribution in [0.1, 0.15) is 6.92 Å². The molecule has 0 saturated heterocycles. The highest BCUT2D eigenvalue weighted by Crippen LogP contribution is 2.26. The number of nitrogen functional groups attached to an aromatic ring is 1. The standard InChI is InChI=1S/C13H12FN5/c1-2-19-10-7-8(14)3-4-9(10)18-13(19)11-12(15)17-6-5-16-11/h3-7H,2H2,1H3,(H2,15,17). The van der Waals surface area contributed by atoms with Gasteiger partial charge in [-0.15, -0.1) is 0 Å². The molecule has 2 aromatic heterocycles. The Kier molecular flexibility index (Phi) is 2.63. The fraction of sp³-hybridized carbons (Fsp3) is 0.154. The molecule has 0 spiro atoms. The maximum atomic E-state index is 13.4. The Morgan fingerprint density at radius 1 is 1.26 bits per heavy atom. The summed E-state index contributed by atoms with van der Waals surface area (Å²) in [4.78, 5) is 12.7. The minimum absolute atomic E-state index is 0.291. The van der Waals surface area contributed by atoms with Crippen LogP contribution in [-0.4, -0.2) is 19.5 Å². The lowest BCUT2D eigenvalue weighted by Gasteiger charge is -2.06. The molecule has 0 saturated carbocycles. The second-order valence-corrected chi connectivity index (χ2v) is 4.10. The molecule has 0 unspecified atom stereocenters. The van der Waals surface area contributed by atoms with Gasteiger partial charge in [-0.1, -0.05) is 0 Å². The number of fused-ring (bicyclic) bond motifs is 1. The normalized spacial score (nSPS) is 11.1. The molecule has 0 amide bonds. The van der Waals surface area contributed by atoms with Gasteiger partial charge in [-0.05, 0) is 25.1 Å². The fourth-order valence-corrected chi connectivity index (χ4v) is 2.12. The number of nitrogens with two attached hydrogens (primary N) is 1. The predicted molar refractivity (Wildman–Crippen MR) is 70.8 cm³/mol. The van der Waals surface area contributed by atoms with Crippen LogP contribution in [0.15, 0.2) is 30.6 Å².